The van der Waals surface area contributed by atoms with Crippen LogP contribution in [0.2, 0.25) is 0 Å². The van der Waals surface area contributed by atoms with Crippen LogP contribution in [0.5, 0.6) is 0 Å². The standard InChI is InChI=1S/C16H35NO3/c1-6-10-18-12-8-17(16(3,4)5)9-13-20-15-14-19-11-7-2/h6-15H2,1-5H3. The normalized spacial score (nSPS) is 12.3. The van der Waals surface area contributed by atoms with E-state index in [1.165, 1.54) is 0 Å². The zero-order valence-electron chi connectivity index (χ0n) is 14.2. The number of rotatable bonds is 13. The highest BCUT2D eigenvalue weighted by Crippen LogP contribution is 2.12. The molecule has 4 heteroatoms. The summed E-state index contributed by atoms with van der Waals surface area (Å²) in [7, 11) is 0. The van der Waals surface area contributed by atoms with Crippen molar-refractivity contribution in [1.29, 1.82) is 0 Å². The maximum atomic E-state index is 5.63. The van der Waals surface area contributed by atoms with E-state index in [1.54, 1.807) is 0 Å². The Labute approximate surface area is 125 Å². The molecule has 4 nitrogen and oxygen atoms in total. The fraction of sp³-hybridized carbons (Fsp3) is 1.00. The van der Waals surface area contributed by atoms with Gasteiger partial charge in [-0.3, -0.25) is 4.90 Å². The average molecular weight is 289 g/mol. The van der Waals surface area contributed by atoms with Crippen molar-refractivity contribution in [2.75, 3.05) is 52.7 Å². The molecule has 0 saturated carbocycles. The minimum absolute atomic E-state index is 0.150. The molecule has 0 aromatic carbocycles. The first-order valence-electron chi connectivity index (χ1n) is 8.00. The second kappa shape index (κ2) is 12.6. The molecule has 122 valence electrons. The van der Waals surface area contributed by atoms with Gasteiger partial charge in [0, 0.05) is 31.8 Å². The van der Waals surface area contributed by atoms with Crippen molar-refractivity contribution in [2.24, 2.45) is 0 Å². The van der Waals surface area contributed by atoms with E-state index in [4.69, 9.17) is 14.2 Å². The molecular formula is C16H35NO3. The molecule has 0 aliphatic rings. The summed E-state index contributed by atoms with van der Waals surface area (Å²) in [6, 6.07) is 0. The molecule has 0 heterocycles. The quantitative estimate of drug-likeness (QED) is 0.488. The highest BCUT2D eigenvalue weighted by Gasteiger charge is 2.20. The Morgan fingerprint density at radius 3 is 1.45 bits per heavy atom. The summed E-state index contributed by atoms with van der Waals surface area (Å²) in [6.07, 6.45) is 2.14. The number of nitrogens with zero attached hydrogens (tertiary/aromatic N) is 1. The Morgan fingerprint density at radius 2 is 1.05 bits per heavy atom. The molecule has 0 rings (SSSR count). The van der Waals surface area contributed by atoms with Crippen LogP contribution >= 0.6 is 0 Å². The summed E-state index contributed by atoms with van der Waals surface area (Å²) in [5, 5.41) is 0. The van der Waals surface area contributed by atoms with Crippen LogP contribution in [0.15, 0.2) is 0 Å². The lowest BCUT2D eigenvalue weighted by molar-refractivity contribution is 0.0149. The predicted octanol–water partition coefficient (Wildman–Crippen LogP) is 2.96. The smallest absolute Gasteiger partial charge is 0.0701 e. The summed E-state index contributed by atoms with van der Waals surface area (Å²) in [6.45, 7) is 17.4. The van der Waals surface area contributed by atoms with E-state index in [-0.39, 0.29) is 5.54 Å². The van der Waals surface area contributed by atoms with Gasteiger partial charge in [-0.2, -0.15) is 0 Å². The maximum absolute atomic E-state index is 5.63. The van der Waals surface area contributed by atoms with Gasteiger partial charge in [0.05, 0.1) is 26.4 Å². The zero-order valence-corrected chi connectivity index (χ0v) is 14.2. The molecule has 0 radical (unpaired) electrons. The van der Waals surface area contributed by atoms with Gasteiger partial charge in [0.15, 0.2) is 0 Å². The third-order valence-corrected chi connectivity index (χ3v) is 3.03. The molecule has 20 heavy (non-hydrogen) atoms. The van der Waals surface area contributed by atoms with Gasteiger partial charge in [-0.25, -0.2) is 0 Å². The van der Waals surface area contributed by atoms with Crippen molar-refractivity contribution in [3.63, 3.8) is 0 Å². The third kappa shape index (κ3) is 11.6. The van der Waals surface area contributed by atoms with Crippen molar-refractivity contribution in [1.82, 2.24) is 4.90 Å². The monoisotopic (exact) mass is 289 g/mol. The van der Waals surface area contributed by atoms with Crippen molar-refractivity contribution in [3.8, 4) is 0 Å². The molecule has 0 saturated heterocycles. The van der Waals surface area contributed by atoms with Crippen molar-refractivity contribution in [3.05, 3.63) is 0 Å². The molecule has 0 atom stereocenters. The molecule has 0 aliphatic heterocycles. The summed E-state index contributed by atoms with van der Waals surface area (Å²) in [5.41, 5.74) is 0.150. The first kappa shape index (κ1) is 19.8. The van der Waals surface area contributed by atoms with Crippen LogP contribution in [0.25, 0.3) is 0 Å². The van der Waals surface area contributed by atoms with E-state index in [9.17, 15) is 0 Å². The molecular weight excluding hydrogens is 254 g/mol. The first-order valence-corrected chi connectivity index (χ1v) is 8.00. The summed E-state index contributed by atoms with van der Waals surface area (Å²) in [5.74, 6) is 0. The summed E-state index contributed by atoms with van der Waals surface area (Å²) < 4.78 is 16.6. The van der Waals surface area contributed by atoms with E-state index in [2.05, 4.69) is 39.5 Å². The lowest BCUT2D eigenvalue weighted by Gasteiger charge is -2.35. The van der Waals surface area contributed by atoms with Gasteiger partial charge in [0.1, 0.15) is 0 Å². The van der Waals surface area contributed by atoms with E-state index in [0.29, 0.717) is 13.2 Å². The second-order valence-electron chi connectivity index (χ2n) is 5.99. The molecule has 0 N–H and O–H groups in total. The average Bonchev–Trinajstić information content (AvgIpc) is 2.38. The fourth-order valence-electron chi connectivity index (χ4n) is 1.84. The van der Waals surface area contributed by atoms with Gasteiger partial charge in [0.2, 0.25) is 0 Å². The maximum Gasteiger partial charge on any atom is 0.0701 e. The highest BCUT2D eigenvalue weighted by molar-refractivity contribution is 4.75. The van der Waals surface area contributed by atoms with Crippen LogP contribution in [0.1, 0.15) is 47.5 Å². The van der Waals surface area contributed by atoms with Crippen LogP contribution < -0.4 is 0 Å². The van der Waals surface area contributed by atoms with Gasteiger partial charge in [-0.15, -0.1) is 0 Å². The Balaban J connectivity index is 3.71. The topological polar surface area (TPSA) is 30.9 Å². The fourth-order valence-corrected chi connectivity index (χ4v) is 1.84. The van der Waals surface area contributed by atoms with Crippen molar-refractivity contribution < 1.29 is 14.2 Å². The molecule has 0 aromatic heterocycles. The molecule has 0 fully saturated rings. The van der Waals surface area contributed by atoms with Crippen molar-refractivity contribution in [2.45, 2.75) is 53.0 Å². The van der Waals surface area contributed by atoms with Gasteiger partial charge < -0.3 is 14.2 Å². The summed E-state index contributed by atoms with van der Waals surface area (Å²) in [4.78, 5) is 2.41. The molecule has 0 unspecified atom stereocenters. The Kier molecular flexibility index (Phi) is 12.5. The van der Waals surface area contributed by atoms with E-state index in [0.717, 1.165) is 52.4 Å². The Hall–Kier alpha value is -0.160. The lowest BCUT2D eigenvalue weighted by atomic mass is 10.1. The SMILES string of the molecule is CCCOCCOCCN(CCOCCC)C(C)(C)C. The number of ether oxygens (including phenoxy) is 3. The number of hydrogen-bond acceptors (Lipinski definition) is 4. The molecule has 0 amide bonds. The van der Waals surface area contributed by atoms with Gasteiger partial charge in [-0.05, 0) is 33.6 Å². The molecule has 0 aromatic rings. The largest absolute Gasteiger partial charge is 0.380 e. The lowest BCUT2D eigenvalue weighted by Crippen LogP contribution is -2.45. The van der Waals surface area contributed by atoms with Gasteiger partial charge >= 0.3 is 0 Å². The summed E-state index contributed by atoms with van der Waals surface area (Å²) >= 11 is 0. The van der Waals surface area contributed by atoms with E-state index >= 15 is 0 Å². The molecule has 0 aliphatic carbocycles. The highest BCUT2D eigenvalue weighted by atomic mass is 16.5. The second-order valence-corrected chi connectivity index (χ2v) is 5.99. The van der Waals surface area contributed by atoms with E-state index in [1.807, 2.05) is 0 Å². The third-order valence-electron chi connectivity index (χ3n) is 3.03. The predicted molar refractivity (Wildman–Crippen MR) is 84.4 cm³/mol. The zero-order chi connectivity index (χ0) is 15.3. The van der Waals surface area contributed by atoms with Crippen LogP contribution in [-0.2, 0) is 14.2 Å². The van der Waals surface area contributed by atoms with Crippen LogP contribution in [0.3, 0.4) is 0 Å². The Bertz CT molecular complexity index is 204. The first-order chi connectivity index (χ1) is 9.52. The van der Waals surface area contributed by atoms with Crippen LogP contribution in [0, 0.1) is 0 Å². The molecule has 0 spiro atoms. The van der Waals surface area contributed by atoms with Gasteiger partial charge in [0.25, 0.3) is 0 Å². The van der Waals surface area contributed by atoms with Crippen LogP contribution in [-0.4, -0.2) is 63.2 Å². The van der Waals surface area contributed by atoms with Gasteiger partial charge in [-0.1, -0.05) is 13.8 Å². The van der Waals surface area contributed by atoms with Crippen molar-refractivity contribution >= 4 is 0 Å². The minimum atomic E-state index is 0.150. The number of hydrogen-bond donors (Lipinski definition) is 0. The Morgan fingerprint density at radius 1 is 0.650 bits per heavy atom. The minimum Gasteiger partial charge on any atom is -0.380 e. The van der Waals surface area contributed by atoms with Crippen LogP contribution in [0.4, 0.5) is 0 Å². The molecule has 0 bridgehead atoms. The van der Waals surface area contributed by atoms with E-state index < -0.39 is 0 Å².